The zero-order chi connectivity index (χ0) is 26.7. The van der Waals surface area contributed by atoms with E-state index in [1.54, 1.807) is 43.3 Å². The van der Waals surface area contributed by atoms with Crippen LogP contribution in [0.4, 0.5) is 10.1 Å². The Morgan fingerprint density at radius 2 is 1.81 bits per heavy atom. The van der Waals surface area contributed by atoms with E-state index in [0.29, 0.717) is 28.6 Å². The topological polar surface area (TPSA) is 100 Å². The highest BCUT2D eigenvalue weighted by Gasteiger charge is 2.35. The quantitative estimate of drug-likeness (QED) is 0.364. The average Bonchev–Trinajstić information content (AvgIpc) is 3.27. The molecule has 0 aliphatic rings. The van der Waals surface area contributed by atoms with Gasteiger partial charge in [-0.2, -0.15) is 0 Å². The number of carbonyl (C=O) groups is 2. The molecule has 0 saturated carbocycles. The van der Waals surface area contributed by atoms with E-state index < -0.39 is 29.2 Å². The fourth-order valence-corrected chi connectivity index (χ4v) is 3.97. The molecule has 9 heteroatoms. The molecule has 2 N–H and O–H groups in total. The number of halogens is 1. The first-order valence-corrected chi connectivity index (χ1v) is 12.1. The van der Waals surface area contributed by atoms with Gasteiger partial charge in [-0.15, -0.1) is 5.10 Å². The number of para-hydroxylation sites is 1. The Morgan fingerprint density at radius 1 is 1.11 bits per heavy atom. The minimum Gasteiger partial charge on any atom is -0.508 e. The molecule has 2 amide bonds. The summed E-state index contributed by atoms with van der Waals surface area (Å²) < 4.78 is 16.2. The van der Waals surface area contributed by atoms with Crippen LogP contribution in [0.15, 0.2) is 66.7 Å². The van der Waals surface area contributed by atoms with Gasteiger partial charge in [0.15, 0.2) is 0 Å². The van der Waals surface area contributed by atoms with Crippen molar-refractivity contribution in [2.75, 3.05) is 4.90 Å². The largest absolute Gasteiger partial charge is 0.508 e. The Morgan fingerprint density at radius 3 is 2.49 bits per heavy atom. The lowest BCUT2D eigenvalue weighted by Gasteiger charge is -2.34. The predicted molar refractivity (Wildman–Crippen MR) is 140 cm³/mol. The van der Waals surface area contributed by atoms with Crippen molar-refractivity contribution in [1.82, 2.24) is 20.3 Å². The Balaban J connectivity index is 1.84. The molecule has 1 heterocycles. The van der Waals surface area contributed by atoms with Gasteiger partial charge in [-0.1, -0.05) is 42.5 Å². The average molecular weight is 504 g/mol. The van der Waals surface area contributed by atoms with Crippen molar-refractivity contribution in [1.29, 1.82) is 0 Å². The van der Waals surface area contributed by atoms with Gasteiger partial charge in [0.25, 0.3) is 0 Å². The van der Waals surface area contributed by atoms with Crippen molar-refractivity contribution in [3.8, 4) is 5.75 Å². The summed E-state index contributed by atoms with van der Waals surface area (Å²) in [5.74, 6) is -1.40. The van der Waals surface area contributed by atoms with Crippen molar-refractivity contribution < 1.29 is 19.1 Å². The summed E-state index contributed by atoms with van der Waals surface area (Å²) in [5.41, 5.74) is 1.82. The molecular weight excluding hydrogens is 473 g/mol. The van der Waals surface area contributed by atoms with E-state index in [2.05, 4.69) is 15.6 Å². The lowest BCUT2D eigenvalue weighted by atomic mass is 9.98. The molecule has 0 bridgehead atoms. The van der Waals surface area contributed by atoms with Crippen molar-refractivity contribution in [3.05, 3.63) is 83.7 Å². The maximum atomic E-state index is 14.7. The Bertz CT molecular complexity index is 1430. The Labute approximate surface area is 214 Å². The first-order chi connectivity index (χ1) is 17.6. The highest BCUT2D eigenvalue weighted by atomic mass is 19.1. The van der Waals surface area contributed by atoms with E-state index in [0.717, 1.165) is 0 Å². The molecule has 0 aliphatic carbocycles. The zero-order valence-corrected chi connectivity index (χ0v) is 21.3. The number of nitrogens with one attached hydrogen (secondary N) is 1. The van der Waals surface area contributed by atoms with Crippen LogP contribution in [0.5, 0.6) is 5.75 Å². The minimum atomic E-state index is -1.14. The SMILES string of the molecule is CCC(C)(C)NC(=O)[C@@H](c1ccc(O)cc1)N(C(=O)Cn1nnc2ccccc21)c1ccc(C)c(F)c1. The van der Waals surface area contributed by atoms with Gasteiger partial charge in [0.1, 0.15) is 29.7 Å². The van der Waals surface area contributed by atoms with Gasteiger partial charge in [0.2, 0.25) is 11.8 Å². The van der Waals surface area contributed by atoms with Gasteiger partial charge in [-0.3, -0.25) is 14.5 Å². The molecule has 0 unspecified atom stereocenters. The normalized spacial score (nSPS) is 12.4. The van der Waals surface area contributed by atoms with E-state index >= 15 is 0 Å². The number of nitrogens with zero attached hydrogens (tertiary/aromatic N) is 4. The number of aromatic hydroxyl groups is 1. The number of aromatic nitrogens is 3. The maximum absolute atomic E-state index is 14.7. The number of aryl methyl sites for hydroxylation is 1. The molecule has 4 aromatic rings. The van der Waals surface area contributed by atoms with Crippen LogP contribution in [0.1, 0.15) is 44.4 Å². The van der Waals surface area contributed by atoms with E-state index in [9.17, 15) is 19.1 Å². The van der Waals surface area contributed by atoms with Crippen LogP contribution >= 0.6 is 0 Å². The van der Waals surface area contributed by atoms with Crippen LogP contribution in [0, 0.1) is 12.7 Å². The Kier molecular flexibility index (Phi) is 7.24. The second-order valence-corrected chi connectivity index (χ2v) is 9.65. The first kappa shape index (κ1) is 25.8. The van der Waals surface area contributed by atoms with Crippen molar-refractivity contribution in [2.45, 2.75) is 52.2 Å². The predicted octanol–water partition coefficient (Wildman–Crippen LogP) is 4.66. The summed E-state index contributed by atoms with van der Waals surface area (Å²) in [7, 11) is 0. The van der Waals surface area contributed by atoms with E-state index in [4.69, 9.17) is 0 Å². The van der Waals surface area contributed by atoms with Gasteiger partial charge in [0.05, 0.1) is 5.52 Å². The fraction of sp³-hybridized carbons (Fsp3) is 0.286. The van der Waals surface area contributed by atoms with E-state index in [-0.39, 0.29) is 18.0 Å². The second-order valence-electron chi connectivity index (χ2n) is 9.65. The lowest BCUT2D eigenvalue weighted by molar-refractivity contribution is -0.128. The smallest absolute Gasteiger partial charge is 0.249 e. The van der Waals surface area contributed by atoms with Gasteiger partial charge in [-0.25, -0.2) is 9.07 Å². The molecule has 1 atom stereocenters. The number of fused-ring (bicyclic) bond motifs is 1. The number of carbonyl (C=O) groups excluding carboxylic acids is 2. The molecule has 1 aromatic heterocycles. The summed E-state index contributed by atoms with van der Waals surface area (Å²) in [5, 5.41) is 21.1. The van der Waals surface area contributed by atoms with Gasteiger partial charge in [-0.05, 0) is 74.7 Å². The molecule has 192 valence electrons. The van der Waals surface area contributed by atoms with E-state index in [1.807, 2.05) is 32.9 Å². The standard InChI is InChI=1S/C28H30FN5O3/c1-5-28(3,4)30-27(37)26(19-11-14-21(35)15-12-19)34(20-13-10-18(2)22(29)16-20)25(36)17-33-24-9-7-6-8-23(24)31-32-33/h6-16,26,35H,5,17H2,1-4H3,(H,30,37)/t26-/m1/s1. The molecule has 4 rings (SSSR count). The Hall–Kier alpha value is -4.27. The highest BCUT2D eigenvalue weighted by Crippen LogP contribution is 2.31. The molecule has 0 radical (unpaired) electrons. The summed E-state index contributed by atoms with van der Waals surface area (Å²) in [6.45, 7) is 7.12. The van der Waals surface area contributed by atoms with Gasteiger partial charge < -0.3 is 10.4 Å². The minimum absolute atomic E-state index is 0.0186. The number of benzene rings is 3. The van der Waals surface area contributed by atoms with Crippen LogP contribution in [0.25, 0.3) is 11.0 Å². The van der Waals surface area contributed by atoms with E-state index in [1.165, 1.54) is 27.8 Å². The zero-order valence-electron chi connectivity index (χ0n) is 21.3. The molecule has 0 fully saturated rings. The number of phenolic OH excluding ortho intramolecular Hbond substituents is 1. The number of amides is 2. The molecule has 37 heavy (non-hydrogen) atoms. The molecule has 0 saturated heterocycles. The maximum Gasteiger partial charge on any atom is 0.249 e. The summed E-state index contributed by atoms with van der Waals surface area (Å²) in [4.78, 5) is 29.0. The number of anilines is 1. The third-order valence-corrected chi connectivity index (χ3v) is 6.47. The van der Waals surface area contributed by atoms with Crippen molar-refractivity contribution in [2.24, 2.45) is 0 Å². The second kappa shape index (κ2) is 10.4. The van der Waals surface area contributed by atoms with Crippen LogP contribution in [-0.2, 0) is 16.1 Å². The third kappa shape index (κ3) is 5.61. The summed E-state index contributed by atoms with van der Waals surface area (Å²) in [6, 6.07) is 16.6. The molecular formula is C28H30FN5O3. The number of hydrogen-bond donors (Lipinski definition) is 2. The molecule has 0 spiro atoms. The monoisotopic (exact) mass is 503 g/mol. The summed E-state index contributed by atoms with van der Waals surface area (Å²) in [6.07, 6.45) is 0.652. The molecule has 3 aromatic carbocycles. The third-order valence-electron chi connectivity index (χ3n) is 6.47. The first-order valence-electron chi connectivity index (χ1n) is 12.1. The van der Waals surface area contributed by atoms with Crippen molar-refractivity contribution >= 4 is 28.5 Å². The summed E-state index contributed by atoms with van der Waals surface area (Å²) >= 11 is 0. The number of phenols is 1. The van der Waals surface area contributed by atoms with Gasteiger partial charge >= 0.3 is 0 Å². The van der Waals surface area contributed by atoms with Gasteiger partial charge in [0, 0.05) is 11.2 Å². The number of hydrogen-bond acceptors (Lipinski definition) is 5. The van der Waals surface area contributed by atoms with Crippen molar-refractivity contribution in [3.63, 3.8) is 0 Å². The van der Waals surface area contributed by atoms with Crippen LogP contribution in [-0.4, -0.2) is 37.5 Å². The lowest BCUT2D eigenvalue weighted by Crippen LogP contribution is -2.51. The number of rotatable bonds is 8. The molecule has 8 nitrogen and oxygen atoms in total. The fourth-order valence-electron chi connectivity index (χ4n) is 3.97. The van der Waals surface area contributed by atoms with Crippen LogP contribution in [0.2, 0.25) is 0 Å². The van der Waals surface area contributed by atoms with Crippen LogP contribution < -0.4 is 10.2 Å². The highest BCUT2D eigenvalue weighted by molar-refractivity contribution is 6.01. The molecule has 0 aliphatic heterocycles. The van der Waals surface area contributed by atoms with Crippen LogP contribution in [0.3, 0.4) is 0 Å².